The Morgan fingerprint density at radius 3 is 3.27 bits per heavy atom. The Balaban J connectivity index is 1.96. The molecule has 4 heteroatoms. The second-order valence-electron chi connectivity index (χ2n) is 4.45. The van der Waals surface area contributed by atoms with Gasteiger partial charge < -0.3 is 15.2 Å². The SMILES string of the molecule is CN1CCCC(Cc2oncc2CN)C1. The molecule has 2 heterocycles. The minimum Gasteiger partial charge on any atom is -0.361 e. The molecule has 0 radical (unpaired) electrons. The van der Waals surface area contributed by atoms with Crippen LogP contribution in [0, 0.1) is 5.92 Å². The molecule has 15 heavy (non-hydrogen) atoms. The third-order valence-corrected chi connectivity index (χ3v) is 3.15. The minimum absolute atomic E-state index is 0.529. The van der Waals surface area contributed by atoms with Gasteiger partial charge in [0.25, 0.3) is 0 Å². The number of aromatic nitrogens is 1. The van der Waals surface area contributed by atoms with E-state index in [0.717, 1.165) is 24.3 Å². The fourth-order valence-electron chi connectivity index (χ4n) is 2.32. The van der Waals surface area contributed by atoms with Crippen LogP contribution in [0.4, 0.5) is 0 Å². The van der Waals surface area contributed by atoms with Crippen molar-refractivity contribution in [2.45, 2.75) is 25.8 Å². The smallest absolute Gasteiger partial charge is 0.141 e. The summed E-state index contributed by atoms with van der Waals surface area (Å²) in [5.74, 6) is 1.68. The van der Waals surface area contributed by atoms with E-state index < -0.39 is 0 Å². The fraction of sp³-hybridized carbons (Fsp3) is 0.727. The average molecular weight is 209 g/mol. The second-order valence-corrected chi connectivity index (χ2v) is 4.45. The standard InChI is InChI=1S/C11H19N3O/c1-14-4-2-3-9(8-14)5-11-10(6-12)7-13-15-11/h7,9H,2-6,8,12H2,1H3. The molecule has 0 saturated carbocycles. The predicted octanol–water partition coefficient (Wildman–Crippen LogP) is 1.02. The van der Waals surface area contributed by atoms with E-state index in [1.54, 1.807) is 6.20 Å². The van der Waals surface area contributed by atoms with Gasteiger partial charge in [0.15, 0.2) is 0 Å². The summed E-state index contributed by atoms with van der Waals surface area (Å²) in [5, 5.41) is 3.81. The lowest BCUT2D eigenvalue weighted by atomic mass is 9.93. The Labute approximate surface area is 90.4 Å². The summed E-state index contributed by atoms with van der Waals surface area (Å²) in [6.45, 7) is 2.91. The zero-order valence-corrected chi connectivity index (χ0v) is 9.28. The van der Waals surface area contributed by atoms with Crippen molar-refractivity contribution >= 4 is 0 Å². The monoisotopic (exact) mass is 209 g/mol. The molecule has 1 aromatic heterocycles. The van der Waals surface area contributed by atoms with Crippen LogP contribution in [-0.2, 0) is 13.0 Å². The molecule has 2 rings (SSSR count). The summed E-state index contributed by atoms with van der Waals surface area (Å²) >= 11 is 0. The van der Waals surface area contributed by atoms with Crippen molar-refractivity contribution in [3.05, 3.63) is 17.5 Å². The molecule has 2 N–H and O–H groups in total. The highest BCUT2D eigenvalue weighted by molar-refractivity contribution is 5.13. The van der Waals surface area contributed by atoms with E-state index in [1.807, 2.05) is 0 Å². The molecule has 1 aliphatic rings. The van der Waals surface area contributed by atoms with Crippen molar-refractivity contribution in [2.75, 3.05) is 20.1 Å². The van der Waals surface area contributed by atoms with Crippen molar-refractivity contribution in [2.24, 2.45) is 11.7 Å². The quantitative estimate of drug-likeness (QED) is 0.807. The van der Waals surface area contributed by atoms with Gasteiger partial charge in [-0.15, -0.1) is 0 Å². The van der Waals surface area contributed by atoms with E-state index in [2.05, 4.69) is 17.1 Å². The largest absolute Gasteiger partial charge is 0.361 e. The highest BCUT2D eigenvalue weighted by Gasteiger charge is 2.20. The first-order valence-corrected chi connectivity index (χ1v) is 5.60. The van der Waals surface area contributed by atoms with Crippen molar-refractivity contribution in [3.8, 4) is 0 Å². The van der Waals surface area contributed by atoms with Crippen LogP contribution in [0.5, 0.6) is 0 Å². The number of nitrogens with zero attached hydrogens (tertiary/aromatic N) is 2. The molecular formula is C11H19N3O. The summed E-state index contributed by atoms with van der Waals surface area (Å²) in [5.41, 5.74) is 6.68. The molecule has 4 nitrogen and oxygen atoms in total. The first-order valence-electron chi connectivity index (χ1n) is 5.60. The number of hydrogen-bond donors (Lipinski definition) is 1. The van der Waals surface area contributed by atoms with E-state index in [9.17, 15) is 0 Å². The Morgan fingerprint density at radius 1 is 1.67 bits per heavy atom. The maximum Gasteiger partial charge on any atom is 0.141 e. The van der Waals surface area contributed by atoms with Gasteiger partial charge in [-0.25, -0.2) is 0 Å². The molecule has 1 fully saturated rings. The van der Waals surface area contributed by atoms with Crippen LogP contribution >= 0.6 is 0 Å². The molecule has 0 bridgehead atoms. The second kappa shape index (κ2) is 4.77. The summed E-state index contributed by atoms with van der Waals surface area (Å²) in [6, 6.07) is 0. The molecule has 1 unspecified atom stereocenters. The Morgan fingerprint density at radius 2 is 2.53 bits per heavy atom. The maximum atomic E-state index is 5.62. The molecule has 84 valence electrons. The molecule has 0 amide bonds. The summed E-state index contributed by atoms with van der Waals surface area (Å²) < 4.78 is 5.24. The van der Waals surface area contributed by atoms with Crippen LogP contribution in [0.25, 0.3) is 0 Å². The molecule has 0 spiro atoms. The van der Waals surface area contributed by atoms with Gasteiger partial charge in [0.1, 0.15) is 5.76 Å². The van der Waals surface area contributed by atoms with Crippen LogP contribution in [0.3, 0.4) is 0 Å². The van der Waals surface area contributed by atoms with Gasteiger partial charge in [0.2, 0.25) is 0 Å². The molecular weight excluding hydrogens is 190 g/mol. The number of piperidine rings is 1. The molecule has 1 saturated heterocycles. The number of rotatable bonds is 3. The predicted molar refractivity (Wildman–Crippen MR) is 58.3 cm³/mol. The fourth-order valence-corrected chi connectivity index (χ4v) is 2.32. The topological polar surface area (TPSA) is 55.3 Å². The van der Waals surface area contributed by atoms with Crippen LogP contribution < -0.4 is 5.73 Å². The van der Waals surface area contributed by atoms with Gasteiger partial charge in [0, 0.05) is 25.1 Å². The van der Waals surface area contributed by atoms with Crippen molar-refractivity contribution in [1.29, 1.82) is 0 Å². The first kappa shape index (κ1) is 10.6. The van der Waals surface area contributed by atoms with Gasteiger partial charge in [-0.1, -0.05) is 5.16 Å². The van der Waals surface area contributed by atoms with Crippen LogP contribution in [0.2, 0.25) is 0 Å². The number of likely N-dealkylation sites (tertiary alicyclic amines) is 1. The van der Waals surface area contributed by atoms with Crippen LogP contribution in [-0.4, -0.2) is 30.2 Å². The Kier molecular flexibility index (Phi) is 3.38. The van der Waals surface area contributed by atoms with Crippen LogP contribution in [0.1, 0.15) is 24.2 Å². The van der Waals surface area contributed by atoms with Crippen molar-refractivity contribution < 1.29 is 4.52 Å². The summed E-state index contributed by atoms with van der Waals surface area (Å²) in [6.07, 6.45) is 5.29. The van der Waals surface area contributed by atoms with Crippen molar-refractivity contribution in [3.63, 3.8) is 0 Å². The number of nitrogens with two attached hydrogens (primary N) is 1. The highest BCUT2D eigenvalue weighted by atomic mass is 16.5. The number of hydrogen-bond acceptors (Lipinski definition) is 4. The zero-order valence-electron chi connectivity index (χ0n) is 9.28. The average Bonchev–Trinajstić information content (AvgIpc) is 2.65. The summed E-state index contributed by atoms with van der Waals surface area (Å²) in [7, 11) is 2.18. The van der Waals surface area contributed by atoms with Gasteiger partial charge in [-0.2, -0.15) is 0 Å². The minimum atomic E-state index is 0.529. The van der Waals surface area contributed by atoms with Crippen molar-refractivity contribution in [1.82, 2.24) is 10.1 Å². The van der Waals surface area contributed by atoms with E-state index in [1.165, 1.54) is 19.4 Å². The summed E-state index contributed by atoms with van der Waals surface area (Å²) in [4.78, 5) is 2.38. The van der Waals surface area contributed by atoms with Gasteiger partial charge >= 0.3 is 0 Å². The molecule has 1 aromatic rings. The normalized spacial score (nSPS) is 23.2. The van der Waals surface area contributed by atoms with E-state index in [0.29, 0.717) is 12.5 Å². The van der Waals surface area contributed by atoms with Crippen LogP contribution in [0.15, 0.2) is 10.7 Å². The van der Waals surface area contributed by atoms with Gasteiger partial charge in [0.05, 0.1) is 6.20 Å². The lowest BCUT2D eigenvalue weighted by Gasteiger charge is -2.29. The molecule has 0 aliphatic carbocycles. The highest BCUT2D eigenvalue weighted by Crippen LogP contribution is 2.21. The molecule has 0 aromatic carbocycles. The van der Waals surface area contributed by atoms with Gasteiger partial charge in [-0.05, 0) is 32.4 Å². The maximum absolute atomic E-state index is 5.62. The molecule has 1 aliphatic heterocycles. The van der Waals surface area contributed by atoms with E-state index in [-0.39, 0.29) is 0 Å². The van der Waals surface area contributed by atoms with Gasteiger partial charge in [-0.3, -0.25) is 0 Å². The Bertz CT molecular complexity index is 311. The lowest BCUT2D eigenvalue weighted by molar-refractivity contribution is 0.200. The van der Waals surface area contributed by atoms with E-state index in [4.69, 9.17) is 10.3 Å². The third-order valence-electron chi connectivity index (χ3n) is 3.15. The Hall–Kier alpha value is -0.870. The zero-order chi connectivity index (χ0) is 10.7. The lowest BCUT2D eigenvalue weighted by Crippen LogP contribution is -2.33. The van der Waals surface area contributed by atoms with E-state index >= 15 is 0 Å². The molecule has 1 atom stereocenters. The first-order chi connectivity index (χ1) is 7.29. The third kappa shape index (κ3) is 2.58.